The van der Waals surface area contributed by atoms with E-state index < -0.39 is 0 Å². The van der Waals surface area contributed by atoms with Crippen molar-refractivity contribution in [1.82, 2.24) is 4.90 Å². The third-order valence-corrected chi connectivity index (χ3v) is 5.54. The van der Waals surface area contributed by atoms with Gasteiger partial charge in [-0.2, -0.15) is 11.8 Å². The monoisotopic (exact) mass is 353 g/mol. The van der Waals surface area contributed by atoms with Crippen molar-refractivity contribution in [3.05, 3.63) is 18.2 Å². The van der Waals surface area contributed by atoms with Crippen LogP contribution in [0.25, 0.3) is 0 Å². The van der Waals surface area contributed by atoms with Crippen molar-refractivity contribution in [3.63, 3.8) is 0 Å². The average Bonchev–Trinajstić information content (AvgIpc) is 3.09. The molecule has 0 N–H and O–H groups in total. The summed E-state index contributed by atoms with van der Waals surface area (Å²) in [4.78, 5) is 2.58. The van der Waals surface area contributed by atoms with Crippen LogP contribution in [0.15, 0.2) is 18.2 Å². The quantitative estimate of drug-likeness (QED) is 0.636. The van der Waals surface area contributed by atoms with E-state index in [9.17, 15) is 0 Å². The summed E-state index contributed by atoms with van der Waals surface area (Å²) in [6.07, 6.45) is 3.59. The van der Waals surface area contributed by atoms with Crippen molar-refractivity contribution >= 4 is 11.8 Å². The summed E-state index contributed by atoms with van der Waals surface area (Å²) in [6, 6.07) is 6.45. The molecule has 0 bridgehead atoms. The summed E-state index contributed by atoms with van der Waals surface area (Å²) in [5, 5.41) is 0. The summed E-state index contributed by atoms with van der Waals surface area (Å²) >= 11 is 2.07. The molecule has 5 nitrogen and oxygen atoms in total. The Bertz CT molecular complexity index is 508. The van der Waals surface area contributed by atoms with Crippen molar-refractivity contribution in [2.75, 3.05) is 51.7 Å². The summed E-state index contributed by atoms with van der Waals surface area (Å²) in [5.41, 5.74) is 0. The minimum Gasteiger partial charge on any atom is -0.493 e. The van der Waals surface area contributed by atoms with Crippen LogP contribution >= 0.6 is 11.8 Å². The largest absolute Gasteiger partial charge is 0.493 e. The lowest BCUT2D eigenvalue weighted by Gasteiger charge is -2.34. The Hall–Kier alpha value is -1.11. The Labute approximate surface area is 148 Å². The molecular weight excluding hydrogens is 326 g/mol. The van der Waals surface area contributed by atoms with Gasteiger partial charge in [-0.15, -0.1) is 0 Å². The number of benzene rings is 1. The van der Waals surface area contributed by atoms with E-state index in [1.165, 1.54) is 24.3 Å². The van der Waals surface area contributed by atoms with Crippen LogP contribution in [-0.4, -0.2) is 62.7 Å². The molecular formula is C18H27NO4S. The van der Waals surface area contributed by atoms with E-state index in [1.54, 1.807) is 7.11 Å². The molecule has 0 radical (unpaired) electrons. The molecule has 3 rings (SSSR count). The minimum atomic E-state index is 0.299. The fourth-order valence-corrected chi connectivity index (χ4v) is 4.24. The Kier molecular flexibility index (Phi) is 6.93. The zero-order valence-electron chi connectivity index (χ0n) is 14.4. The standard InChI is InChI=1S/C18H27NO4S/c1-20-10-8-19(15-5-11-24-12-6-15)7-2-9-21-16-3-4-17-18(13-16)23-14-22-17/h3-4,13,15H,2,5-12,14H2,1H3. The molecule has 1 aromatic rings. The first kappa shape index (κ1) is 17.7. The average molecular weight is 353 g/mol. The van der Waals surface area contributed by atoms with E-state index in [0.29, 0.717) is 19.4 Å². The smallest absolute Gasteiger partial charge is 0.231 e. The number of fused-ring (bicyclic) bond motifs is 1. The molecule has 2 heterocycles. The minimum absolute atomic E-state index is 0.299. The molecule has 0 saturated carbocycles. The zero-order valence-corrected chi connectivity index (χ0v) is 15.2. The van der Waals surface area contributed by atoms with Gasteiger partial charge in [-0.05, 0) is 42.9 Å². The van der Waals surface area contributed by atoms with Crippen LogP contribution in [-0.2, 0) is 4.74 Å². The molecule has 134 valence electrons. The van der Waals surface area contributed by atoms with E-state index in [-0.39, 0.29) is 0 Å². The Morgan fingerprint density at radius 1 is 1.12 bits per heavy atom. The van der Waals surface area contributed by atoms with E-state index >= 15 is 0 Å². The van der Waals surface area contributed by atoms with Crippen molar-refractivity contribution in [1.29, 1.82) is 0 Å². The van der Waals surface area contributed by atoms with Crippen LogP contribution in [0.3, 0.4) is 0 Å². The SMILES string of the molecule is COCCN(CCCOc1ccc2c(c1)OCO2)C1CCSCC1. The van der Waals surface area contributed by atoms with Crippen LogP contribution in [0.1, 0.15) is 19.3 Å². The summed E-state index contributed by atoms with van der Waals surface area (Å²) in [7, 11) is 1.78. The van der Waals surface area contributed by atoms with E-state index in [1.807, 2.05) is 18.2 Å². The lowest BCUT2D eigenvalue weighted by molar-refractivity contribution is 0.109. The van der Waals surface area contributed by atoms with E-state index in [0.717, 1.165) is 43.4 Å². The number of nitrogens with zero attached hydrogens (tertiary/aromatic N) is 1. The maximum atomic E-state index is 5.88. The van der Waals surface area contributed by atoms with Gasteiger partial charge in [-0.1, -0.05) is 0 Å². The Balaban J connectivity index is 1.42. The molecule has 0 atom stereocenters. The molecule has 1 fully saturated rings. The third-order valence-electron chi connectivity index (χ3n) is 4.49. The highest BCUT2D eigenvalue weighted by Gasteiger charge is 2.20. The van der Waals surface area contributed by atoms with E-state index in [2.05, 4.69) is 16.7 Å². The molecule has 0 aliphatic carbocycles. The highest BCUT2D eigenvalue weighted by atomic mass is 32.2. The Morgan fingerprint density at radius 2 is 1.96 bits per heavy atom. The molecule has 6 heteroatoms. The van der Waals surface area contributed by atoms with Gasteiger partial charge in [-0.3, -0.25) is 4.90 Å². The molecule has 0 aromatic heterocycles. The van der Waals surface area contributed by atoms with Gasteiger partial charge >= 0.3 is 0 Å². The highest BCUT2D eigenvalue weighted by molar-refractivity contribution is 7.99. The summed E-state index contributed by atoms with van der Waals surface area (Å²) in [6.45, 7) is 3.88. The number of ether oxygens (including phenoxy) is 4. The van der Waals surface area contributed by atoms with Gasteiger partial charge in [0.05, 0.1) is 13.2 Å². The molecule has 24 heavy (non-hydrogen) atoms. The topological polar surface area (TPSA) is 40.2 Å². The summed E-state index contributed by atoms with van der Waals surface area (Å²) in [5.74, 6) is 4.97. The number of hydrogen-bond donors (Lipinski definition) is 0. The summed E-state index contributed by atoms with van der Waals surface area (Å²) < 4.78 is 21.9. The maximum Gasteiger partial charge on any atom is 0.231 e. The Morgan fingerprint density at radius 3 is 2.79 bits per heavy atom. The number of methoxy groups -OCH3 is 1. The lowest BCUT2D eigenvalue weighted by atomic mass is 10.1. The van der Waals surface area contributed by atoms with Crippen LogP contribution in [0, 0.1) is 0 Å². The zero-order chi connectivity index (χ0) is 16.6. The molecule has 2 aliphatic rings. The number of hydrogen-bond acceptors (Lipinski definition) is 6. The lowest BCUT2D eigenvalue weighted by Crippen LogP contribution is -2.41. The molecule has 2 aliphatic heterocycles. The molecule has 0 unspecified atom stereocenters. The van der Waals surface area contributed by atoms with Gasteiger partial charge in [0.2, 0.25) is 6.79 Å². The van der Waals surface area contributed by atoms with Crippen LogP contribution in [0.5, 0.6) is 17.2 Å². The van der Waals surface area contributed by atoms with Gasteiger partial charge < -0.3 is 18.9 Å². The number of rotatable bonds is 9. The second-order valence-electron chi connectivity index (χ2n) is 6.09. The fourth-order valence-electron chi connectivity index (χ4n) is 3.16. The van der Waals surface area contributed by atoms with Gasteiger partial charge in [0.1, 0.15) is 5.75 Å². The van der Waals surface area contributed by atoms with Crippen molar-refractivity contribution in [2.24, 2.45) is 0 Å². The molecule has 1 saturated heterocycles. The van der Waals surface area contributed by atoms with Gasteiger partial charge in [0.25, 0.3) is 0 Å². The van der Waals surface area contributed by atoms with E-state index in [4.69, 9.17) is 18.9 Å². The second-order valence-corrected chi connectivity index (χ2v) is 7.31. The van der Waals surface area contributed by atoms with Crippen LogP contribution in [0.2, 0.25) is 0 Å². The third kappa shape index (κ3) is 4.94. The number of thioether (sulfide) groups is 1. The first-order valence-corrected chi connectivity index (χ1v) is 9.85. The molecule has 1 aromatic carbocycles. The molecule has 0 amide bonds. The molecule has 0 spiro atoms. The first-order chi connectivity index (χ1) is 11.9. The van der Waals surface area contributed by atoms with Crippen molar-refractivity contribution in [2.45, 2.75) is 25.3 Å². The van der Waals surface area contributed by atoms with Crippen LogP contribution < -0.4 is 14.2 Å². The van der Waals surface area contributed by atoms with Gasteiger partial charge in [0, 0.05) is 32.3 Å². The van der Waals surface area contributed by atoms with Gasteiger partial charge in [-0.25, -0.2) is 0 Å². The van der Waals surface area contributed by atoms with Crippen molar-refractivity contribution in [3.8, 4) is 17.2 Å². The van der Waals surface area contributed by atoms with Crippen molar-refractivity contribution < 1.29 is 18.9 Å². The fraction of sp³-hybridized carbons (Fsp3) is 0.667. The predicted octanol–water partition coefficient (Wildman–Crippen LogP) is 3.03. The van der Waals surface area contributed by atoms with Gasteiger partial charge in [0.15, 0.2) is 11.5 Å². The maximum absolute atomic E-state index is 5.88. The predicted molar refractivity (Wildman–Crippen MR) is 96.5 cm³/mol. The first-order valence-electron chi connectivity index (χ1n) is 8.70. The normalized spacial score (nSPS) is 17.4. The highest BCUT2D eigenvalue weighted by Crippen LogP contribution is 2.35. The van der Waals surface area contributed by atoms with Crippen LogP contribution in [0.4, 0.5) is 0 Å². The second kappa shape index (κ2) is 9.39.